The Morgan fingerprint density at radius 2 is 2.11 bits per heavy atom. The van der Waals surface area contributed by atoms with E-state index in [0.29, 0.717) is 12.0 Å². The van der Waals surface area contributed by atoms with Crippen LogP contribution >= 0.6 is 0 Å². The zero-order valence-corrected chi connectivity index (χ0v) is 10.7. The molecule has 0 saturated carbocycles. The number of nitro groups is 1. The Morgan fingerprint density at radius 1 is 1.37 bits per heavy atom. The van der Waals surface area contributed by atoms with Gasteiger partial charge in [-0.05, 0) is 31.5 Å². The fraction of sp³-hybridized carbons (Fsp3) is 0.538. The monoisotopic (exact) mass is 266 g/mol. The van der Waals surface area contributed by atoms with Gasteiger partial charge in [0, 0.05) is 24.7 Å². The summed E-state index contributed by atoms with van der Waals surface area (Å²) in [6.07, 6.45) is 1.44. The second kappa shape index (κ2) is 6.49. The van der Waals surface area contributed by atoms with Crippen LogP contribution in [0.15, 0.2) is 18.2 Å². The molecule has 0 aromatic heterocycles. The Bertz CT molecular complexity index is 444. The second-order valence-corrected chi connectivity index (χ2v) is 4.63. The van der Waals surface area contributed by atoms with Crippen LogP contribution in [-0.2, 0) is 11.2 Å². The van der Waals surface area contributed by atoms with E-state index in [2.05, 4.69) is 4.90 Å². The third-order valence-electron chi connectivity index (χ3n) is 3.28. The number of phenols is 1. The standard InChI is InChI=1S/C13H18N2O4/c16-12-3-4-13(15(17)18)11(10-12)2-1-5-14-6-8-19-9-7-14/h3-4,10,16H,1-2,5-9H2. The summed E-state index contributed by atoms with van der Waals surface area (Å²) in [4.78, 5) is 12.8. The van der Waals surface area contributed by atoms with Crippen LogP contribution in [0.4, 0.5) is 5.69 Å². The van der Waals surface area contributed by atoms with Crippen LogP contribution in [0.5, 0.6) is 5.75 Å². The maximum atomic E-state index is 10.9. The molecule has 1 aliphatic heterocycles. The first-order valence-corrected chi connectivity index (χ1v) is 6.43. The number of rotatable bonds is 5. The van der Waals surface area contributed by atoms with Crippen molar-refractivity contribution < 1.29 is 14.8 Å². The highest BCUT2D eigenvalue weighted by Gasteiger charge is 2.15. The number of benzene rings is 1. The van der Waals surface area contributed by atoms with Gasteiger partial charge in [-0.25, -0.2) is 0 Å². The third-order valence-corrected chi connectivity index (χ3v) is 3.28. The van der Waals surface area contributed by atoms with Gasteiger partial charge >= 0.3 is 0 Å². The number of aromatic hydroxyl groups is 1. The third kappa shape index (κ3) is 3.90. The molecule has 1 aromatic carbocycles. The molecule has 0 amide bonds. The van der Waals surface area contributed by atoms with Crippen molar-refractivity contribution >= 4 is 5.69 Å². The molecule has 1 aromatic rings. The van der Waals surface area contributed by atoms with Gasteiger partial charge in [-0.3, -0.25) is 15.0 Å². The van der Waals surface area contributed by atoms with E-state index in [-0.39, 0.29) is 11.4 Å². The molecule has 6 heteroatoms. The molecule has 0 radical (unpaired) electrons. The Hall–Kier alpha value is -1.66. The number of aryl methyl sites for hydroxylation is 1. The summed E-state index contributed by atoms with van der Waals surface area (Å²) in [7, 11) is 0. The molecule has 2 rings (SSSR count). The lowest BCUT2D eigenvalue weighted by Crippen LogP contribution is -2.36. The first kappa shape index (κ1) is 13.8. The molecule has 1 saturated heterocycles. The molecule has 6 nitrogen and oxygen atoms in total. The van der Waals surface area contributed by atoms with Crippen molar-refractivity contribution in [3.8, 4) is 5.75 Å². The minimum absolute atomic E-state index is 0.0759. The van der Waals surface area contributed by atoms with E-state index in [0.717, 1.165) is 39.3 Å². The average Bonchev–Trinajstić information content (AvgIpc) is 2.39. The highest BCUT2D eigenvalue weighted by molar-refractivity contribution is 5.44. The summed E-state index contributed by atoms with van der Waals surface area (Å²) in [6, 6.07) is 4.19. The van der Waals surface area contributed by atoms with Crippen molar-refractivity contribution in [2.24, 2.45) is 0 Å². The van der Waals surface area contributed by atoms with Crippen molar-refractivity contribution in [1.29, 1.82) is 0 Å². The Labute approximate surface area is 111 Å². The molecular weight excluding hydrogens is 248 g/mol. The lowest BCUT2D eigenvalue weighted by molar-refractivity contribution is -0.385. The van der Waals surface area contributed by atoms with Crippen LogP contribution in [-0.4, -0.2) is 47.8 Å². The minimum atomic E-state index is -0.399. The van der Waals surface area contributed by atoms with Crippen LogP contribution < -0.4 is 0 Å². The van der Waals surface area contributed by atoms with Crippen molar-refractivity contribution in [3.63, 3.8) is 0 Å². The van der Waals surface area contributed by atoms with Crippen molar-refractivity contribution in [1.82, 2.24) is 4.90 Å². The van der Waals surface area contributed by atoms with Gasteiger partial charge in [0.25, 0.3) is 5.69 Å². The zero-order chi connectivity index (χ0) is 13.7. The van der Waals surface area contributed by atoms with Crippen LogP contribution in [0.25, 0.3) is 0 Å². The predicted octanol–water partition coefficient (Wildman–Crippen LogP) is 1.57. The van der Waals surface area contributed by atoms with Gasteiger partial charge in [0.2, 0.25) is 0 Å². The van der Waals surface area contributed by atoms with Crippen LogP contribution in [0.2, 0.25) is 0 Å². The highest BCUT2D eigenvalue weighted by atomic mass is 16.6. The van der Waals surface area contributed by atoms with Crippen LogP contribution in [0, 0.1) is 10.1 Å². The van der Waals surface area contributed by atoms with Gasteiger partial charge in [0.1, 0.15) is 5.75 Å². The van der Waals surface area contributed by atoms with Gasteiger partial charge in [0.05, 0.1) is 18.1 Å². The van der Waals surface area contributed by atoms with E-state index in [1.165, 1.54) is 18.2 Å². The highest BCUT2D eigenvalue weighted by Crippen LogP contribution is 2.24. The van der Waals surface area contributed by atoms with E-state index < -0.39 is 4.92 Å². The first-order chi connectivity index (χ1) is 9.16. The summed E-state index contributed by atoms with van der Waals surface area (Å²) >= 11 is 0. The number of nitro benzene ring substituents is 1. The molecule has 0 bridgehead atoms. The van der Waals surface area contributed by atoms with E-state index in [4.69, 9.17) is 4.74 Å². The van der Waals surface area contributed by atoms with Gasteiger partial charge in [-0.1, -0.05) is 0 Å². The van der Waals surface area contributed by atoms with Crippen molar-refractivity contribution in [3.05, 3.63) is 33.9 Å². The Kier molecular flexibility index (Phi) is 4.70. The van der Waals surface area contributed by atoms with E-state index >= 15 is 0 Å². The SMILES string of the molecule is O=[N+]([O-])c1ccc(O)cc1CCCN1CCOCC1. The van der Waals surface area contributed by atoms with Crippen LogP contribution in [0.3, 0.4) is 0 Å². The average molecular weight is 266 g/mol. The number of hydrogen-bond acceptors (Lipinski definition) is 5. The molecule has 104 valence electrons. The minimum Gasteiger partial charge on any atom is -0.508 e. The fourth-order valence-electron chi connectivity index (χ4n) is 2.27. The molecule has 0 atom stereocenters. The molecule has 0 aliphatic carbocycles. The normalized spacial score (nSPS) is 16.4. The Morgan fingerprint density at radius 3 is 2.79 bits per heavy atom. The summed E-state index contributed by atoms with van der Waals surface area (Å²) in [5.74, 6) is 0.0759. The van der Waals surface area contributed by atoms with E-state index in [1.54, 1.807) is 0 Å². The van der Waals surface area contributed by atoms with Gasteiger partial charge in [0.15, 0.2) is 0 Å². The largest absolute Gasteiger partial charge is 0.508 e. The molecule has 0 unspecified atom stereocenters. The number of ether oxygens (including phenoxy) is 1. The molecule has 19 heavy (non-hydrogen) atoms. The van der Waals surface area contributed by atoms with E-state index in [9.17, 15) is 15.2 Å². The molecule has 1 aliphatic rings. The Balaban J connectivity index is 1.91. The molecule has 1 heterocycles. The lowest BCUT2D eigenvalue weighted by atomic mass is 10.1. The van der Waals surface area contributed by atoms with Crippen LogP contribution in [0.1, 0.15) is 12.0 Å². The quantitative estimate of drug-likeness (QED) is 0.646. The van der Waals surface area contributed by atoms with Gasteiger partial charge < -0.3 is 9.84 Å². The number of nitrogens with zero attached hydrogens (tertiary/aromatic N) is 2. The molecule has 0 spiro atoms. The van der Waals surface area contributed by atoms with Crippen molar-refractivity contribution in [2.75, 3.05) is 32.8 Å². The fourth-order valence-corrected chi connectivity index (χ4v) is 2.27. The predicted molar refractivity (Wildman–Crippen MR) is 70.3 cm³/mol. The summed E-state index contributed by atoms with van der Waals surface area (Å²) in [5.41, 5.74) is 0.679. The lowest BCUT2D eigenvalue weighted by Gasteiger charge is -2.26. The molecule has 1 N–H and O–H groups in total. The number of morpholine rings is 1. The van der Waals surface area contributed by atoms with Gasteiger partial charge in [-0.15, -0.1) is 0 Å². The second-order valence-electron chi connectivity index (χ2n) is 4.63. The van der Waals surface area contributed by atoms with E-state index in [1.807, 2.05) is 0 Å². The number of phenolic OH excluding ortho intramolecular Hbond substituents is 1. The smallest absolute Gasteiger partial charge is 0.272 e. The molecule has 1 fully saturated rings. The summed E-state index contributed by atoms with van der Waals surface area (Å²) in [5, 5.41) is 20.3. The maximum absolute atomic E-state index is 10.9. The van der Waals surface area contributed by atoms with Crippen molar-refractivity contribution in [2.45, 2.75) is 12.8 Å². The number of hydrogen-bond donors (Lipinski definition) is 1. The first-order valence-electron chi connectivity index (χ1n) is 6.43. The zero-order valence-electron chi connectivity index (χ0n) is 10.7. The molecular formula is C13H18N2O4. The summed E-state index contributed by atoms with van der Waals surface area (Å²) < 4.78 is 5.27. The topological polar surface area (TPSA) is 75.8 Å². The summed E-state index contributed by atoms with van der Waals surface area (Å²) in [6.45, 7) is 4.25. The maximum Gasteiger partial charge on any atom is 0.272 e. The van der Waals surface area contributed by atoms with Gasteiger partial charge in [-0.2, -0.15) is 0 Å².